The number of halogens is 2. The summed E-state index contributed by atoms with van der Waals surface area (Å²) in [5.41, 5.74) is 13.4. The standard InChI is InChI=1S/C69H62Si2.2ClH.Zr/c1-68(2,3)64-48-60-50(46-62(64)58-41-25-27-43-66(58)70(52-29-13-7-14-30-52,53-31-15-8-16-32-53)54-33-17-9-18-34-54)45-51-47-63(65(49-61(51)60)69(4,5)6)59-42-26-28-44-67(59)71(55-35-19-10-20-36-55,56-37-21-11-22-38-56)57-39-23-12-24-40-57;;;/h7-44,46-49H,45H2,1-6H3;2*1H;/q;;;+2/p-2. The van der Waals surface area contributed by atoms with E-state index in [0.29, 0.717) is 0 Å². The third kappa shape index (κ3) is 9.46. The molecule has 0 spiro atoms. The zero-order chi connectivity index (χ0) is 51.5. The van der Waals surface area contributed by atoms with Gasteiger partial charge >= 0.3 is 37.9 Å². The van der Waals surface area contributed by atoms with Crippen molar-refractivity contribution in [2.24, 2.45) is 0 Å². The Kier molecular flexibility index (Phi) is 15.2. The fourth-order valence-electron chi connectivity index (χ4n) is 12.1. The topological polar surface area (TPSA) is 0 Å². The van der Waals surface area contributed by atoms with Crippen molar-refractivity contribution in [2.75, 3.05) is 0 Å². The summed E-state index contributed by atoms with van der Waals surface area (Å²) in [5, 5.41) is 11.2. The van der Waals surface area contributed by atoms with Gasteiger partial charge in [-0.1, -0.05) is 272 Å². The number of benzene rings is 10. The summed E-state index contributed by atoms with van der Waals surface area (Å²) in [7, 11) is 4.14. The molecule has 5 heteroatoms. The van der Waals surface area contributed by atoms with Gasteiger partial charge in [0.25, 0.3) is 0 Å². The number of hydrogen-bond donors (Lipinski definition) is 0. The quantitative estimate of drug-likeness (QED) is 0.0946. The minimum atomic E-state index is -2.86. The predicted octanol–water partition coefficient (Wildman–Crippen LogP) is 13.3. The van der Waals surface area contributed by atoms with Crippen LogP contribution in [0.1, 0.15) is 63.8 Å². The molecular weight excluding hydrogens is 1050 g/mol. The Morgan fingerprint density at radius 1 is 0.297 bits per heavy atom. The molecule has 11 rings (SSSR count). The van der Waals surface area contributed by atoms with E-state index in [2.05, 4.69) is 296 Å². The Hall–Kier alpha value is -5.90. The molecule has 0 amide bonds. The van der Waals surface area contributed by atoms with Gasteiger partial charge in [-0.2, -0.15) is 0 Å². The van der Waals surface area contributed by atoms with E-state index >= 15 is 0 Å². The molecule has 0 fully saturated rings. The Bertz CT molecular complexity index is 3090. The molecule has 0 nitrogen and oxygen atoms in total. The van der Waals surface area contributed by atoms with Crippen molar-refractivity contribution in [3.05, 3.63) is 277 Å². The number of fused-ring (bicyclic) bond motifs is 3. The summed E-state index contributed by atoms with van der Waals surface area (Å²) in [6.45, 7) is 14.4. The second-order valence-corrected chi connectivity index (χ2v) is 32.9. The van der Waals surface area contributed by atoms with Crippen molar-refractivity contribution in [3.8, 4) is 33.4 Å². The van der Waals surface area contributed by atoms with Gasteiger partial charge in [-0.15, -0.1) is 0 Å². The summed E-state index contributed by atoms with van der Waals surface area (Å²) in [6, 6.07) is 97.3. The predicted molar refractivity (Wildman–Crippen MR) is 322 cm³/mol. The van der Waals surface area contributed by atoms with Crippen molar-refractivity contribution in [2.45, 2.75) is 58.8 Å². The molecule has 0 saturated carbocycles. The van der Waals surface area contributed by atoms with Crippen LogP contribution in [0.25, 0.3) is 33.4 Å². The molecular formula is C69H62Cl2Si2Zr. The van der Waals surface area contributed by atoms with Crippen LogP contribution < -0.4 is 41.5 Å². The summed E-state index contributed by atoms with van der Waals surface area (Å²) in [4.78, 5) is 0. The van der Waals surface area contributed by atoms with Crippen LogP contribution in [-0.4, -0.2) is 16.1 Å². The minimum absolute atomic E-state index is 0.136. The molecule has 0 unspecified atom stereocenters. The first-order chi connectivity index (χ1) is 35.9. The molecule has 1 aliphatic rings. The fourth-order valence-corrected chi connectivity index (χ4v) is 22.1. The molecule has 74 heavy (non-hydrogen) atoms. The molecule has 0 saturated heterocycles. The van der Waals surface area contributed by atoms with E-state index in [9.17, 15) is 0 Å². The van der Waals surface area contributed by atoms with Crippen LogP contribution in [0.3, 0.4) is 0 Å². The van der Waals surface area contributed by atoms with Crippen LogP contribution in [0.5, 0.6) is 0 Å². The van der Waals surface area contributed by atoms with E-state index in [4.69, 9.17) is 17.0 Å². The van der Waals surface area contributed by atoms with E-state index in [1.54, 1.807) is 0 Å². The first-order valence-corrected chi connectivity index (χ1v) is 36.1. The Labute approximate surface area is 460 Å². The second-order valence-electron chi connectivity index (χ2n) is 21.6. The molecule has 10 aromatic carbocycles. The average Bonchev–Trinajstić information content (AvgIpc) is 3.81. The zero-order valence-corrected chi connectivity index (χ0v) is 49.2. The van der Waals surface area contributed by atoms with Crippen LogP contribution in [0.4, 0.5) is 0 Å². The summed E-state index contributed by atoms with van der Waals surface area (Å²) >= 11 is -0.826. The molecule has 364 valence electrons. The summed E-state index contributed by atoms with van der Waals surface area (Å²) in [6.07, 6.45) is 0.876. The SMILES string of the molecule is CC(C)(C)c1cc2c(cc1-c1ccccc1[Si](c1ccccc1)(c1ccccc1)c1ccccc1)Cc1cc(-c3ccccc3[Si](c3ccccc3)(c3ccccc3)c3ccccc3)c(C(C)(C)C)cc1-2.[Cl][Zr][Cl]. The van der Waals surface area contributed by atoms with Crippen molar-refractivity contribution < 1.29 is 20.8 Å². The van der Waals surface area contributed by atoms with Crippen LogP contribution in [0.15, 0.2) is 255 Å². The number of rotatable bonds is 10. The molecule has 0 radical (unpaired) electrons. The van der Waals surface area contributed by atoms with Crippen LogP contribution in [0, 0.1) is 0 Å². The van der Waals surface area contributed by atoms with Crippen LogP contribution >= 0.6 is 17.0 Å². The molecule has 0 N–H and O–H groups in total. The van der Waals surface area contributed by atoms with E-state index in [0.717, 1.165) is 6.42 Å². The van der Waals surface area contributed by atoms with Gasteiger partial charge in [0.05, 0.1) is 0 Å². The first kappa shape index (κ1) is 51.6. The van der Waals surface area contributed by atoms with Crippen molar-refractivity contribution in [1.82, 2.24) is 0 Å². The van der Waals surface area contributed by atoms with Gasteiger partial charge in [0.1, 0.15) is 0 Å². The van der Waals surface area contributed by atoms with Crippen LogP contribution in [-0.2, 0) is 38.1 Å². The molecule has 0 atom stereocenters. The van der Waals surface area contributed by atoms with Gasteiger partial charge in [-0.3, -0.25) is 0 Å². The van der Waals surface area contributed by atoms with Gasteiger partial charge < -0.3 is 0 Å². The van der Waals surface area contributed by atoms with E-state index in [-0.39, 0.29) is 10.8 Å². The van der Waals surface area contributed by atoms with Gasteiger partial charge in [0.15, 0.2) is 16.1 Å². The Balaban J connectivity index is 0.00000204. The molecule has 0 aromatic heterocycles. The monoisotopic (exact) mass is 1110 g/mol. The van der Waals surface area contributed by atoms with Crippen molar-refractivity contribution in [1.29, 1.82) is 0 Å². The summed E-state index contributed by atoms with van der Waals surface area (Å²) in [5.74, 6) is 0. The Morgan fingerprint density at radius 3 is 0.770 bits per heavy atom. The molecule has 10 aromatic rings. The molecule has 1 aliphatic carbocycles. The van der Waals surface area contributed by atoms with Gasteiger partial charge in [0.2, 0.25) is 0 Å². The number of hydrogen-bond acceptors (Lipinski definition) is 0. The van der Waals surface area contributed by atoms with Crippen molar-refractivity contribution in [3.63, 3.8) is 0 Å². The van der Waals surface area contributed by atoms with Gasteiger partial charge in [-0.25, -0.2) is 0 Å². The molecule has 0 heterocycles. The maximum absolute atomic E-state index is 4.93. The second kappa shape index (κ2) is 21.7. The van der Waals surface area contributed by atoms with E-state index in [1.165, 1.54) is 97.1 Å². The average molecular weight is 1110 g/mol. The zero-order valence-electron chi connectivity index (χ0n) is 43.2. The van der Waals surface area contributed by atoms with Crippen molar-refractivity contribution >= 4 is 74.7 Å². The fraction of sp³-hybridized carbons (Fsp3) is 0.130. The normalized spacial score (nSPS) is 12.3. The van der Waals surface area contributed by atoms with E-state index in [1.807, 2.05) is 0 Å². The maximum atomic E-state index is 4.93. The third-order valence-corrected chi connectivity index (χ3v) is 24.9. The van der Waals surface area contributed by atoms with Gasteiger partial charge in [0, 0.05) is 0 Å². The molecule has 0 aliphatic heterocycles. The van der Waals surface area contributed by atoms with Crippen LogP contribution in [0.2, 0.25) is 0 Å². The molecule has 0 bridgehead atoms. The Morgan fingerprint density at radius 2 is 0.527 bits per heavy atom. The first-order valence-electron chi connectivity index (χ1n) is 25.8. The van der Waals surface area contributed by atoms with E-state index < -0.39 is 37.0 Å². The third-order valence-electron chi connectivity index (χ3n) is 15.3. The van der Waals surface area contributed by atoms with Gasteiger partial charge in [-0.05, 0) is 139 Å². The summed E-state index contributed by atoms with van der Waals surface area (Å²) < 4.78 is 0.